The maximum atomic E-state index is 9.50. The second kappa shape index (κ2) is 5.65. The first-order chi connectivity index (χ1) is 8.61. The fourth-order valence-electron chi connectivity index (χ4n) is 2.49. The molecule has 1 aromatic heterocycles. The summed E-state index contributed by atoms with van der Waals surface area (Å²) < 4.78 is 0. The van der Waals surface area contributed by atoms with Crippen LogP contribution >= 0.6 is 0 Å². The molecule has 18 heavy (non-hydrogen) atoms. The van der Waals surface area contributed by atoms with Crippen molar-refractivity contribution in [3.8, 4) is 0 Å². The zero-order chi connectivity index (χ0) is 13.1. The molecule has 1 N–H and O–H groups in total. The third-order valence-electron chi connectivity index (χ3n) is 3.53. The lowest BCUT2D eigenvalue weighted by Crippen LogP contribution is -2.35. The molecule has 4 heteroatoms. The normalized spacial score (nSPS) is 20.5. The lowest BCUT2D eigenvalue weighted by molar-refractivity contribution is 0.275. The van der Waals surface area contributed by atoms with Gasteiger partial charge in [0.25, 0.3) is 0 Å². The van der Waals surface area contributed by atoms with E-state index in [4.69, 9.17) is 0 Å². The Kier molecular flexibility index (Phi) is 4.17. The average molecular weight is 249 g/mol. The molecule has 0 bridgehead atoms. The van der Waals surface area contributed by atoms with Crippen LogP contribution in [0.4, 0.5) is 5.69 Å². The molecule has 0 aliphatic carbocycles. The summed E-state index contributed by atoms with van der Waals surface area (Å²) in [5, 5.41) is 9.50. The first kappa shape index (κ1) is 13.3. The lowest BCUT2D eigenvalue weighted by Gasteiger charge is -2.33. The van der Waals surface area contributed by atoms with Crippen LogP contribution in [0.5, 0.6) is 0 Å². The van der Waals surface area contributed by atoms with Gasteiger partial charge >= 0.3 is 0 Å². The Morgan fingerprint density at radius 2 is 2.28 bits per heavy atom. The highest BCUT2D eigenvalue weighted by Gasteiger charge is 2.20. The Morgan fingerprint density at radius 1 is 1.50 bits per heavy atom. The Hall–Kier alpha value is -1.16. The van der Waals surface area contributed by atoms with Gasteiger partial charge in [0.2, 0.25) is 0 Å². The molecule has 1 aromatic rings. The molecule has 1 atom stereocenters. The molecule has 1 aliphatic heterocycles. The summed E-state index contributed by atoms with van der Waals surface area (Å²) in [6.07, 6.45) is 4.37. The number of rotatable bonds is 3. The number of piperidine rings is 1. The number of aliphatic hydroxyl groups is 1. The molecule has 100 valence electrons. The van der Waals surface area contributed by atoms with Gasteiger partial charge in [-0.25, -0.2) is 9.97 Å². The number of aliphatic hydroxyl groups excluding tert-OH is 1. The molecule has 0 aromatic carbocycles. The molecule has 1 fully saturated rings. The van der Waals surface area contributed by atoms with E-state index in [1.54, 1.807) is 0 Å². The van der Waals surface area contributed by atoms with E-state index in [0.29, 0.717) is 11.8 Å². The van der Waals surface area contributed by atoms with Crippen molar-refractivity contribution in [3.05, 3.63) is 17.7 Å². The Morgan fingerprint density at radius 3 is 2.89 bits per heavy atom. The number of hydrogen-bond donors (Lipinski definition) is 1. The van der Waals surface area contributed by atoms with E-state index in [2.05, 4.69) is 35.6 Å². The van der Waals surface area contributed by atoms with Gasteiger partial charge < -0.3 is 10.0 Å². The van der Waals surface area contributed by atoms with Crippen molar-refractivity contribution in [2.45, 2.75) is 46.1 Å². The van der Waals surface area contributed by atoms with Crippen LogP contribution in [0.2, 0.25) is 0 Å². The molecular formula is C14H23N3O. The SMILES string of the molecule is CC1CCCN(c2cnc(C(C)C)nc2CO)C1. The monoisotopic (exact) mass is 249 g/mol. The topological polar surface area (TPSA) is 49.2 Å². The molecular weight excluding hydrogens is 226 g/mol. The van der Waals surface area contributed by atoms with E-state index in [0.717, 1.165) is 30.3 Å². The summed E-state index contributed by atoms with van der Waals surface area (Å²) in [5.41, 5.74) is 1.77. The van der Waals surface area contributed by atoms with Crippen molar-refractivity contribution in [1.82, 2.24) is 9.97 Å². The van der Waals surface area contributed by atoms with Gasteiger partial charge in [0, 0.05) is 19.0 Å². The van der Waals surface area contributed by atoms with Crippen molar-refractivity contribution in [2.24, 2.45) is 5.92 Å². The molecule has 1 unspecified atom stereocenters. The van der Waals surface area contributed by atoms with Gasteiger partial charge in [-0.15, -0.1) is 0 Å². The molecule has 1 aliphatic rings. The van der Waals surface area contributed by atoms with E-state index in [1.807, 2.05) is 6.20 Å². The van der Waals surface area contributed by atoms with Crippen molar-refractivity contribution in [2.75, 3.05) is 18.0 Å². The first-order valence-corrected chi connectivity index (χ1v) is 6.83. The van der Waals surface area contributed by atoms with Crippen LogP contribution in [0.15, 0.2) is 6.20 Å². The van der Waals surface area contributed by atoms with Crippen LogP contribution in [0.3, 0.4) is 0 Å². The summed E-state index contributed by atoms with van der Waals surface area (Å²) >= 11 is 0. The predicted molar refractivity (Wildman–Crippen MR) is 72.7 cm³/mol. The Bertz CT molecular complexity index is 406. The third kappa shape index (κ3) is 2.80. The van der Waals surface area contributed by atoms with Crippen molar-refractivity contribution in [1.29, 1.82) is 0 Å². The van der Waals surface area contributed by atoms with Gasteiger partial charge in [-0.1, -0.05) is 20.8 Å². The van der Waals surface area contributed by atoms with Crippen LogP contribution in [0.1, 0.15) is 51.0 Å². The van der Waals surface area contributed by atoms with Crippen LogP contribution in [0.25, 0.3) is 0 Å². The molecule has 1 saturated heterocycles. The number of hydrogen-bond acceptors (Lipinski definition) is 4. The maximum Gasteiger partial charge on any atom is 0.131 e. The minimum Gasteiger partial charge on any atom is -0.390 e. The average Bonchev–Trinajstić information content (AvgIpc) is 2.37. The Balaban J connectivity index is 2.26. The van der Waals surface area contributed by atoms with Crippen molar-refractivity contribution < 1.29 is 5.11 Å². The summed E-state index contributed by atoms with van der Waals surface area (Å²) in [6.45, 7) is 8.48. The highest BCUT2D eigenvalue weighted by Crippen LogP contribution is 2.25. The van der Waals surface area contributed by atoms with E-state index in [-0.39, 0.29) is 6.61 Å². The summed E-state index contributed by atoms with van der Waals surface area (Å²) in [7, 11) is 0. The summed E-state index contributed by atoms with van der Waals surface area (Å²) in [4.78, 5) is 11.2. The molecule has 0 saturated carbocycles. The third-order valence-corrected chi connectivity index (χ3v) is 3.53. The van der Waals surface area contributed by atoms with Gasteiger partial charge in [-0.2, -0.15) is 0 Å². The molecule has 2 heterocycles. The van der Waals surface area contributed by atoms with Crippen molar-refractivity contribution >= 4 is 5.69 Å². The Labute approximate surface area is 109 Å². The minimum absolute atomic E-state index is 0.0115. The fourth-order valence-corrected chi connectivity index (χ4v) is 2.49. The van der Waals surface area contributed by atoms with Gasteiger partial charge in [0.05, 0.1) is 24.2 Å². The smallest absolute Gasteiger partial charge is 0.131 e. The van der Waals surface area contributed by atoms with Crippen LogP contribution in [-0.4, -0.2) is 28.2 Å². The zero-order valence-corrected chi connectivity index (χ0v) is 11.6. The molecule has 0 radical (unpaired) electrons. The predicted octanol–water partition coefficient (Wildman–Crippen LogP) is 2.33. The first-order valence-electron chi connectivity index (χ1n) is 6.83. The van der Waals surface area contributed by atoms with E-state index < -0.39 is 0 Å². The zero-order valence-electron chi connectivity index (χ0n) is 11.6. The van der Waals surface area contributed by atoms with Gasteiger partial charge in [-0.05, 0) is 18.8 Å². The second-order valence-electron chi connectivity index (χ2n) is 5.57. The van der Waals surface area contributed by atoms with E-state index >= 15 is 0 Å². The highest BCUT2D eigenvalue weighted by atomic mass is 16.3. The fraction of sp³-hybridized carbons (Fsp3) is 0.714. The van der Waals surface area contributed by atoms with Gasteiger partial charge in [-0.3, -0.25) is 0 Å². The van der Waals surface area contributed by atoms with Crippen LogP contribution in [-0.2, 0) is 6.61 Å². The van der Waals surface area contributed by atoms with E-state index in [9.17, 15) is 5.11 Å². The largest absolute Gasteiger partial charge is 0.390 e. The summed E-state index contributed by atoms with van der Waals surface area (Å²) in [6, 6.07) is 0. The van der Waals surface area contributed by atoms with E-state index in [1.165, 1.54) is 12.8 Å². The van der Waals surface area contributed by atoms with Crippen LogP contribution in [0, 0.1) is 5.92 Å². The molecule has 2 rings (SSSR count). The summed E-state index contributed by atoms with van der Waals surface area (Å²) in [5.74, 6) is 1.81. The number of aromatic nitrogens is 2. The quantitative estimate of drug-likeness (QED) is 0.893. The molecule has 0 amide bonds. The van der Waals surface area contributed by atoms with Crippen molar-refractivity contribution in [3.63, 3.8) is 0 Å². The van der Waals surface area contributed by atoms with Gasteiger partial charge in [0.15, 0.2) is 0 Å². The van der Waals surface area contributed by atoms with Crippen LogP contribution < -0.4 is 4.90 Å². The standard InChI is InChI=1S/C14H23N3O/c1-10(2)14-15-7-13(12(9-18)16-14)17-6-4-5-11(3)8-17/h7,10-11,18H,4-6,8-9H2,1-3H3. The van der Waals surface area contributed by atoms with Gasteiger partial charge in [0.1, 0.15) is 5.82 Å². The number of nitrogens with zero attached hydrogens (tertiary/aromatic N) is 3. The molecule has 4 nitrogen and oxygen atoms in total. The molecule has 0 spiro atoms. The maximum absolute atomic E-state index is 9.50. The lowest BCUT2D eigenvalue weighted by atomic mass is 10.00. The number of anilines is 1. The second-order valence-corrected chi connectivity index (χ2v) is 5.57. The highest BCUT2D eigenvalue weighted by molar-refractivity contribution is 5.49. The minimum atomic E-state index is -0.0115.